The zero-order valence-electron chi connectivity index (χ0n) is 8.09. The molecule has 1 saturated heterocycles. The summed E-state index contributed by atoms with van der Waals surface area (Å²) in [4.78, 5) is 0. The molecule has 0 amide bonds. The standard InChI is InChI=1S/C11H15FN2/c12-8-4-5-9(10(13)7-8)11-3-1-2-6-14-11/h4-5,7,11,14H,1-3,6,13H2. The van der Waals surface area contributed by atoms with Crippen LogP contribution in [0.5, 0.6) is 0 Å². The average Bonchev–Trinajstić information content (AvgIpc) is 2.19. The first-order chi connectivity index (χ1) is 6.77. The van der Waals surface area contributed by atoms with Gasteiger partial charge in [-0.1, -0.05) is 12.5 Å². The number of nitrogens with one attached hydrogen (secondary N) is 1. The van der Waals surface area contributed by atoms with E-state index in [0.29, 0.717) is 11.7 Å². The number of hydrogen-bond acceptors (Lipinski definition) is 2. The first-order valence-corrected chi connectivity index (χ1v) is 5.05. The molecule has 0 aliphatic carbocycles. The van der Waals surface area contributed by atoms with Crippen LogP contribution in [-0.4, -0.2) is 6.54 Å². The third-order valence-corrected chi connectivity index (χ3v) is 2.73. The number of hydrogen-bond donors (Lipinski definition) is 2. The first kappa shape index (κ1) is 9.46. The first-order valence-electron chi connectivity index (χ1n) is 5.05. The van der Waals surface area contributed by atoms with Gasteiger partial charge in [0.1, 0.15) is 5.82 Å². The van der Waals surface area contributed by atoms with Crippen molar-refractivity contribution < 1.29 is 4.39 Å². The Bertz CT molecular complexity index is 319. The van der Waals surface area contributed by atoms with Gasteiger partial charge < -0.3 is 11.1 Å². The van der Waals surface area contributed by atoms with Crippen molar-refractivity contribution in [2.24, 2.45) is 0 Å². The van der Waals surface area contributed by atoms with Crippen LogP contribution in [-0.2, 0) is 0 Å². The van der Waals surface area contributed by atoms with Gasteiger partial charge in [-0.2, -0.15) is 0 Å². The molecule has 1 atom stereocenters. The second kappa shape index (κ2) is 3.96. The van der Waals surface area contributed by atoms with Crippen molar-refractivity contribution in [1.82, 2.24) is 5.32 Å². The summed E-state index contributed by atoms with van der Waals surface area (Å²) in [7, 11) is 0. The van der Waals surface area contributed by atoms with Crippen LogP contribution in [0.25, 0.3) is 0 Å². The van der Waals surface area contributed by atoms with Gasteiger partial charge in [0.05, 0.1) is 0 Å². The molecule has 1 aromatic rings. The maximum atomic E-state index is 12.8. The van der Waals surface area contributed by atoms with E-state index in [1.807, 2.05) is 0 Å². The van der Waals surface area contributed by atoms with E-state index < -0.39 is 0 Å². The lowest BCUT2D eigenvalue weighted by Gasteiger charge is -2.24. The number of halogens is 1. The van der Waals surface area contributed by atoms with E-state index >= 15 is 0 Å². The Morgan fingerprint density at radius 1 is 1.36 bits per heavy atom. The number of benzene rings is 1. The van der Waals surface area contributed by atoms with Gasteiger partial charge in [-0.25, -0.2) is 4.39 Å². The molecule has 0 saturated carbocycles. The minimum Gasteiger partial charge on any atom is -0.398 e. The summed E-state index contributed by atoms with van der Waals surface area (Å²) in [5.74, 6) is -0.262. The minimum atomic E-state index is -0.262. The van der Waals surface area contributed by atoms with E-state index in [4.69, 9.17) is 5.73 Å². The van der Waals surface area contributed by atoms with Crippen LogP contribution >= 0.6 is 0 Å². The van der Waals surface area contributed by atoms with Gasteiger partial charge in [0.25, 0.3) is 0 Å². The maximum Gasteiger partial charge on any atom is 0.125 e. The van der Waals surface area contributed by atoms with Gasteiger partial charge in [0, 0.05) is 11.7 Å². The van der Waals surface area contributed by atoms with E-state index in [2.05, 4.69) is 5.32 Å². The lowest BCUT2D eigenvalue weighted by atomic mass is 9.96. The molecular weight excluding hydrogens is 179 g/mol. The van der Waals surface area contributed by atoms with E-state index in [1.54, 1.807) is 6.07 Å². The van der Waals surface area contributed by atoms with Crippen molar-refractivity contribution in [3.63, 3.8) is 0 Å². The van der Waals surface area contributed by atoms with Gasteiger partial charge in [0.15, 0.2) is 0 Å². The molecule has 0 bridgehead atoms. The normalized spacial score (nSPS) is 22.2. The molecule has 1 heterocycles. The van der Waals surface area contributed by atoms with Crippen molar-refractivity contribution in [1.29, 1.82) is 0 Å². The highest BCUT2D eigenvalue weighted by molar-refractivity contribution is 5.48. The number of anilines is 1. The topological polar surface area (TPSA) is 38.0 Å². The highest BCUT2D eigenvalue weighted by Crippen LogP contribution is 2.27. The molecule has 1 unspecified atom stereocenters. The molecule has 2 nitrogen and oxygen atoms in total. The molecule has 3 heteroatoms. The van der Waals surface area contributed by atoms with Gasteiger partial charge in [-0.15, -0.1) is 0 Å². The molecule has 1 aromatic carbocycles. The van der Waals surface area contributed by atoms with Crippen molar-refractivity contribution >= 4 is 5.69 Å². The molecule has 14 heavy (non-hydrogen) atoms. The molecule has 3 N–H and O–H groups in total. The fraction of sp³-hybridized carbons (Fsp3) is 0.455. The SMILES string of the molecule is Nc1cc(F)ccc1C1CCCCN1. The van der Waals surface area contributed by atoms with Crippen molar-refractivity contribution in [3.05, 3.63) is 29.6 Å². The highest BCUT2D eigenvalue weighted by Gasteiger charge is 2.16. The van der Waals surface area contributed by atoms with E-state index in [0.717, 1.165) is 18.5 Å². The summed E-state index contributed by atoms with van der Waals surface area (Å²) in [6.45, 7) is 1.03. The van der Waals surface area contributed by atoms with Crippen molar-refractivity contribution in [3.8, 4) is 0 Å². The Balaban J connectivity index is 2.22. The minimum absolute atomic E-state index is 0.262. The summed E-state index contributed by atoms with van der Waals surface area (Å²) in [6, 6.07) is 4.96. The Morgan fingerprint density at radius 3 is 2.86 bits per heavy atom. The lowest BCUT2D eigenvalue weighted by molar-refractivity contribution is 0.413. The Kier molecular flexibility index (Phi) is 2.68. The molecule has 1 fully saturated rings. The molecule has 1 aliphatic heterocycles. The Labute approximate surface area is 83.3 Å². The fourth-order valence-corrected chi connectivity index (χ4v) is 1.98. The summed E-state index contributed by atoms with van der Waals surface area (Å²) >= 11 is 0. The summed E-state index contributed by atoms with van der Waals surface area (Å²) in [6.07, 6.45) is 3.53. The van der Waals surface area contributed by atoms with Crippen LogP contribution in [0.2, 0.25) is 0 Å². The van der Waals surface area contributed by atoms with Gasteiger partial charge >= 0.3 is 0 Å². The van der Waals surface area contributed by atoms with Crippen molar-refractivity contribution in [2.45, 2.75) is 25.3 Å². The van der Waals surface area contributed by atoms with Crippen molar-refractivity contribution in [2.75, 3.05) is 12.3 Å². The van der Waals surface area contributed by atoms with Crippen LogP contribution in [0.3, 0.4) is 0 Å². The number of nitrogens with two attached hydrogens (primary N) is 1. The number of piperidine rings is 1. The van der Waals surface area contributed by atoms with Gasteiger partial charge in [0.2, 0.25) is 0 Å². The monoisotopic (exact) mass is 194 g/mol. The molecule has 2 rings (SSSR count). The molecule has 0 radical (unpaired) electrons. The summed E-state index contributed by atoms with van der Waals surface area (Å²) < 4.78 is 12.8. The third-order valence-electron chi connectivity index (χ3n) is 2.73. The lowest BCUT2D eigenvalue weighted by Crippen LogP contribution is -2.27. The molecule has 1 aliphatic rings. The smallest absolute Gasteiger partial charge is 0.125 e. The second-order valence-corrected chi connectivity index (χ2v) is 3.78. The van der Waals surface area contributed by atoms with Crippen LogP contribution < -0.4 is 11.1 Å². The Hall–Kier alpha value is -1.09. The van der Waals surface area contributed by atoms with Gasteiger partial charge in [-0.05, 0) is 37.1 Å². The van der Waals surface area contributed by atoms with Crippen LogP contribution in [0.1, 0.15) is 30.9 Å². The predicted molar refractivity (Wildman–Crippen MR) is 55.4 cm³/mol. The molecule has 76 valence electrons. The average molecular weight is 194 g/mol. The number of nitrogen functional groups attached to an aromatic ring is 1. The van der Waals surface area contributed by atoms with Gasteiger partial charge in [-0.3, -0.25) is 0 Å². The van der Waals surface area contributed by atoms with Crippen LogP contribution in [0.15, 0.2) is 18.2 Å². The third kappa shape index (κ3) is 1.87. The molecule has 0 spiro atoms. The fourth-order valence-electron chi connectivity index (χ4n) is 1.98. The quantitative estimate of drug-likeness (QED) is 0.673. The zero-order valence-corrected chi connectivity index (χ0v) is 8.09. The van der Waals surface area contributed by atoms with Crippen LogP contribution in [0.4, 0.5) is 10.1 Å². The largest absolute Gasteiger partial charge is 0.398 e. The van der Waals surface area contributed by atoms with E-state index in [1.165, 1.54) is 25.0 Å². The van der Waals surface area contributed by atoms with E-state index in [-0.39, 0.29) is 5.82 Å². The summed E-state index contributed by atoms with van der Waals surface area (Å²) in [5, 5.41) is 3.39. The molecule has 0 aromatic heterocycles. The Morgan fingerprint density at radius 2 is 2.21 bits per heavy atom. The molecular formula is C11H15FN2. The summed E-state index contributed by atoms with van der Waals surface area (Å²) in [5.41, 5.74) is 7.37. The van der Waals surface area contributed by atoms with E-state index in [9.17, 15) is 4.39 Å². The predicted octanol–water partition coefficient (Wildman–Crippen LogP) is 2.22. The highest BCUT2D eigenvalue weighted by atomic mass is 19.1. The number of rotatable bonds is 1. The second-order valence-electron chi connectivity index (χ2n) is 3.78. The van der Waals surface area contributed by atoms with Crippen LogP contribution in [0, 0.1) is 5.82 Å². The zero-order chi connectivity index (χ0) is 9.97. The maximum absolute atomic E-state index is 12.8.